The Morgan fingerprint density at radius 1 is 1.28 bits per heavy atom. The second-order valence-corrected chi connectivity index (χ2v) is 5.78. The van der Waals surface area contributed by atoms with Crippen molar-refractivity contribution < 1.29 is 23.4 Å². The van der Waals surface area contributed by atoms with Crippen molar-refractivity contribution in [2.45, 2.75) is 45.8 Å². The van der Waals surface area contributed by atoms with Gasteiger partial charge in [0.1, 0.15) is 6.04 Å². The van der Waals surface area contributed by atoms with Crippen molar-refractivity contribution in [3.63, 3.8) is 0 Å². The maximum absolute atomic E-state index is 12.0. The fourth-order valence-electron chi connectivity index (χ4n) is 1.44. The number of hydrogen-bond donors (Lipinski definition) is 3. The van der Waals surface area contributed by atoms with Gasteiger partial charge in [0.15, 0.2) is 0 Å². The third-order valence-electron chi connectivity index (χ3n) is 2.31. The summed E-state index contributed by atoms with van der Waals surface area (Å²) in [5, 5.41) is 18.1. The Bertz CT molecular complexity index is 349. The van der Waals surface area contributed by atoms with Gasteiger partial charge < -0.3 is 10.2 Å². The normalized spacial score (nSPS) is 15.6. The van der Waals surface area contributed by atoms with Crippen LogP contribution in [0.2, 0.25) is 0 Å². The molecule has 0 saturated heterocycles. The smallest absolute Gasteiger partial charge is 0.324 e. The Labute approximate surface area is 108 Å². The molecule has 8 heteroatoms. The summed E-state index contributed by atoms with van der Waals surface area (Å²) in [7, 11) is -3.89. The van der Waals surface area contributed by atoms with Gasteiger partial charge in [0.25, 0.3) is 10.2 Å². The largest absolute Gasteiger partial charge is 0.480 e. The number of aliphatic hydroxyl groups excluding tert-OH is 1. The SMILES string of the molecule is CCCN(CCC)S(=O)(=O)N[C@H](C(=O)O)[C@@H](C)O. The van der Waals surface area contributed by atoms with Gasteiger partial charge in [0, 0.05) is 13.1 Å². The summed E-state index contributed by atoms with van der Waals surface area (Å²) in [4.78, 5) is 10.9. The number of nitrogens with one attached hydrogen (secondary N) is 1. The molecule has 0 aromatic heterocycles. The summed E-state index contributed by atoms with van der Waals surface area (Å²) < 4.78 is 27.1. The van der Waals surface area contributed by atoms with Gasteiger partial charge >= 0.3 is 5.97 Å². The second-order valence-electron chi connectivity index (χ2n) is 4.08. The van der Waals surface area contributed by atoms with Crippen molar-refractivity contribution in [2.24, 2.45) is 0 Å². The fraction of sp³-hybridized carbons (Fsp3) is 0.900. The molecule has 0 rings (SSSR count). The van der Waals surface area contributed by atoms with Crippen molar-refractivity contribution >= 4 is 16.2 Å². The summed E-state index contributed by atoms with van der Waals surface area (Å²) in [6, 6.07) is -1.54. The Hall–Kier alpha value is -0.700. The van der Waals surface area contributed by atoms with Crippen LogP contribution < -0.4 is 4.72 Å². The lowest BCUT2D eigenvalue weighted by atomic mass is 10.2. The molecule has 0 aliphatic carbocycles. The standard InChI is InChI=1S/C10H22N2O5S/c1-4-6-12(7-5-2)18(16,17)11-9(8(3)13)10(14)15/h8-9,11,13H,4-7H2,1-3H3,(H,14,15)/t8-,9+/m1/s1. The summed E-state index contributed by atoms with van der Waals surface area (Å²) in [6.07, 6.45) is -0.0388. The number of carbonyl (C=O) groups is 1. The van der Waals surface area contributed by atoms with Crippen LogP contribution in [-0.2, 0) is 15.0 Å². The minimum Gasteiger partial charge on any atom is -0.480 e. The molecule has 0 radical (unpaired) electrons. The first-order valence-electron chi connectivity index (χ1n) is 5.94. The highest BCUT2D eigenvalue weighted by atomic mass is 32.2. The minimum absolute atomic E-state index is 0.315. The van der Waals surface area contributed by atoms with Crippen LogP contribution in [0, 0.1) is 0 Å². The maximum Gasteiger partial charge on any atom is 0.324 e. The zero-order valence-electron chi connectivity index (χ0n) is 11.0. The Morgan fingerprint density at radius 2 is 1.72 bits per heavy atom. The molecule has 0 heterocycles. The highest BCUT2D eigenvalue weighted by Gasteiger charge is 2.31. The zero-order chi connectivity index (χ0) is 14.3. The summed E-state index contributed by atoms with van der Waals surface area (Å²) in [5.41, 5.74) is 0. The lowest BCUT2D eigenvalue weighted by Gasteiger charge is -2.24. The molecule has 2 atom stereocenters. The second kappa shape index (κ2) is 7.67. The van der Waals surface area contributed by atoms with Crippen molar-refractivity contribution in [1.29, 1.82) is 0 Å². The van der Waals surface area contributed by atoms with E-state index >= 15 is 0 Å². The van der Waals surface area contributed by atoms with Crippen LogP contribution in [0.15, 0.2) is 0 Å². The average Bonchev–Trinajstić information content (AvgIpc) is 2.25. The van der Waals surface area contributed by atoms with Crippen LogP contribution in [0.3, 0.4) is 0 Å². The number of aliphatic carboxylic acids is 1. The molecule has 0 amide bonds. The van der Waals surface area contributed by atoms with Gasteiger partial charge in [0.2, 0.25) is 0 Å². The van der Waals surface area contributed by atoms with E-state index in [4.69, 9.17) is 5.11 Å². The molecule has 0 unspecified atom stereocenters. The lowest BCUT2D eigenvalue weighted by Crippen LogP contribution is -2.52. The number of hydrogen-bond acceptors (Lipinski definition) is 4. The van der Waals surface area contributed by atoms with E-state index in [1.807, 2.05) is 18.6 Å². The molecular formula is C10H22N2O5S. The van der Waals surface area contributed by atoms with Crippen LogP contribution in [0.5, 0.6) is 0 Å². The van der Waals surface area contributed by atoms with Gasteiger partial charge in [0.05, 0.1) is 6.10 Å². The lowest BCUT2D eigenvalue weighted by molar-refractivity contribution is -0.141. The molecular weight excluding hydrogens is 260 g/mol. The van der Waals surface area contributed by atoms with Gasteiger partial charge in [-0.25, -0.2) is 0 Å². The first kappa shape index (κ1) is 17.3. The third-order valence-corrected chi connectivity index (χ3v) is 3.91. The van der Waals surface area contributed by atoms with Gasteiger partial charge in [-0.15, -0.1) is 0 Å². The van der Waals surface area contributed by atoms with E-state index in [9.17, 15) is 18.3 Å². The van der Waals surface area contributed by atoms with E-state index in [2.05, 4.69) is 0 Å². The number of carboxylic acid groups (broad SMARTS) is 1. The quantitative estimate of drug-likeness (QED) is 0.542. The summed E-state index contributed by atoms with van der Waals surface area (Å²) in [5.74, 6) is -1.40. The van der Waals surface area contributed by atoms with Crippen LogP contribution in [0.1, 0.15) is 33.6 Å². The molecule has 0 aromatic carbocycles. The van der Waals surface area contributed by atoms with Gasteiger partial charge in [-0.3, -0.25) is 4.79 Å². The van der Waals surface area contributed by atoms with E-state index in [0.29, 0.717) is 25.9 Å². The molecule has 7 nitrogen and oxygen atoms in total. The van der Waals surface area contributed by atoms with Crippen molar-refractivity contribution in [3.8, 4) is 0 Å². The Kier molecular flexibility index (Phi) is 7.37. The van der Waals surface area contributed by atoms with E-state index in [1.54, 1.807) is 0 Å². The van der Waals surface area contributed by atoms with Crippen LogP contribution in [-0.4, -0.2) is 54.1 Å². The summed E-state index contributed by atoms with van der Waals surface area (Å²) >= 11 is 0. The van der Waals surface area contributed by atoms with E-state index in [1.165, 1.54) is 11.2 Å². The number of aliphatic hydroxyl groups is 1. The van der Waals surface area contributed by atoms with E-state index in [0.717, 1.165) is 0 Å². The number of rotatable bonds is 9. The van der Waals surface area contributed by atoms with Crippen LogP contribution in [0.25, 0.3) is 0 Å². The van der Waals surface area contributed by atoms with E-state index in [-0.39, 0.29) is 0 Å². The molecule has 0 saturated carbocycles. The molecule has 108 valence electrons. The fourth-order valence-corrected chi connectivity index (χ4v) is 3.05. The number of nitrogens with zero attached hydrogens (tertiary/aromatic N) is 1. The van der Waals surface area contributed by atoms with Crippen molar-refractivity contribution in [1.82, 2.24) is 9.03 Å². The maximum atomic E-state index is 12.0. The number of carboxylic acids is 1. The minimum atomic E-state index is -3.89. The molecule has 3 N–H and O–H groups in total. The van der Waals surface area contributed by atoms with Crippen molar-refractivity contribution in [3.05, 3.63) is 0 Å². The predicted octanol–water partition coefficient (Wildman–Crippen LogP) is -0.223. The zero-order valence-corrected chi connectivity index (χ0v) is 11.8. The molecule has 0 aliphatic rings. The van der Waals surface area contributed by atoms with Gasteiger partial charge in [-0.2, -0.15) is 17.4 Å². The molecule has 0 spiro atoms. The first-order valence-corrected chi connectivity index (χ1v) is 7.38. The molecule has 0 bridgehead atoms. The van der Waals surface area contributed by atoms with E-state index < -0.39 is 28.3 Å². The van der Waals surface area contributed by atoms with Gasteiger partial charge in [-0.1, -0.05) is 13.8 Å². The van der Waals surface area contributed by atoms with Gasteiger partial charge in [-0.05, 0) is 19.8 Å². The van der Waals surface area contributed by atoms with Crippen LogP contribution in [0.4, 0.5) is 0 Å². The molecule has 0 aliphatic heterocycles. The Balaban J connectivity index is 4.93. The molecule has 0 fully saturated rings. The predicted molar refractivity (Wildman–Crippen MR) is 67.3 cm³/mol. The highest BCUT2D eigenvalue weighted by molar-refractivity contribution is 7.87. The first-order chi connectivity index (χ1) is 8.26. The average molecular weight is 282 g/mol. The highest BCUT2D eigenvalue weighted by Crippen LogP contribution is 2.05. The summed E-state index contributed by atoms with van der Waals surface area (Å²) in [6.45, 7) is 5.53. The topological polar surface area (TPSA) is 107 Å². The Morgan fingerprint density at radius 3 is 2.00 bits per heavy atom. The molecule has 18 heavy (non-hydrogen) atoms. The third kappa shape index (κ3) is 5.30. The molecule has 0 aromatic rings. The van der Waals surface area contributed by atoms with Crippen LogP contribution >= 0.6 is 0 Å². The monoisotopic (exact) mass is 282 g/mol. The van der Waals surface area contributed by atoms with Crippen molar-refractivity contribution in [2.75, 3.05) is 13.1 Å².